The quantitative estimate of drug-likeness (QED) is 0.236. The van der Waals surface area contributed by atoms with Crippen molar-refractivity contribution in [2.75, 3.05) is 0 Å². The molecule has 0 atom stereocenters. The molecule has 0 N–H and O–H groups in total. The third-order valence-corrected chi connectivity index (χ3v) is 5.57. The van der Waals surface area contributed by atoms with Crippen molar-refractivity contribution in [2.45, 2.75) is 6.92 Å². The van der Waals surface area contributed by atoms with E-state index in [1.165, 1.54) is 5.56 Å². The van der Waals surface area contributed by atoms with Crippen molar-refractivity contribution >= 4 is 27.5 Å². The summed E-state index contributed by atoms with van der Waals surface area (Å²) >= 11 is 3.42. The lowest BCUT2D eigenvalue weighted by molar-refractivity contribution is 0.0817. The van der Waals surface area contributed by atoms with E-state index in [4.69, 9.17) is 0 Å². The van der Waals surface area contributed by atoms with Crippen molar-refractivity contribution in [3.63, 3.8) is 0 Å². The van der Waals surface area contributed by atoms with Gasteiger partial charge in [-0.15, -0.1) is 0 Å². The molecule has 0 heterocycles. The normalized spacial score (nSPS) is 10.6. The Morgan fingerprint density at radius 3 is 1.70 bits per heavy atom. The zero-order valence-corrected chi connectivity index (χ0v) is 18.0. The molecule has 3 heteroatoms. The molecule has 30 heavy (non-hydrogen) atoms. The van der Waals surface area contributed by atoms with Crippen molar-refractivity contribution in [3.05, 3.63) is 118 Å². The van der Waals surface area contributed by atoms with E-state index in [1.54, 1.807) is 30.3 Å². The van der Waals surface area contributed by atoms with Gasteiger partial charge < -0.3 is 0 Å². The van der Waals surface area contributed by atoms with E-state index in [-0.39, 0.29) is 0 Å². The Morgan fingerprint density at radius 2 is 1.07 bits per heavy atom. The highest BCUT2D eigenvalue weighted by Crippen LogP contribution is 2.24. The fraction of sp³-hybridized carbons (Fsp3) is 0.0370. The molecule has 0 aliphatic carbocycles. The van der Waals surface area contributed by atoms with Crippen molar-refractivity contribution in [2.24, 2.45) is 0 Å². The van der Waals surface area contributed by atoms with E-state index in [9.17, 15) is 9.59 Å². The lowest BCUT2D eigenvalue weighted by Crippen LogP contribution is -2.14. The molecule has 4 aromatic rings. The van der Waals surface area contributed by atoms with Crippen LogP contribution in [0.25, 0.3) is 22.3 Å². The Hall–Kier alpha value is -3.30. The largest absolute Gasteiger partial charge is 0.285 e. The van der Waals surface area contributed by atoms with Crippen LogP contribution in [-0.2, 0) is 0 Å². The standard InChI is InChI=1S/C27H19BrO2/c1-18-5-7-19(8-6-18)20-9-11-22(12-10-20)26(29)27(30)24-4-2-3-23(17-24)21-13-15-25(28)16-14-21/h2-17H,1H3. The lowest BCUT2D eigenvalue weighted by Gasteiger charge is -2.07. The zero-order valence-electron chi connectivity index (χ0n) is 16.4. The average molecular weight is 455 g/mol. The molecule has 0 spiro atoms. The Kier molecular flexibility index (Phi) is 5.73. The first-order valence-electron chi connectivity index (χ1n) is 9.63. The molecule has 0 unspecified atom stereocenters. The molecule has 0 radical (unpaired) electrons. The third-order valence-electron chi connectivity index (χ3n) is 5.04. The molecule has 0 saturated heterocycles. The topological polar surface area (TPSA) is 34.1 Å². The number of aryl methyl sites for hydroxylation is 1. The maximum absolute atomic E-state index is 12.8. The fourth-order valence-corrected chi connectivity index (χ4v) is 3.57. The highest BCUT2D eigenvalue weighted by Gasteiger charge is 2.19. The van der Waals surface area contributed by atoms with Crippen LogP contribution < -0.4 is 0 Å². The SMILES string of the molecule is Cc1ccc(-c2ccc(C(=O)C(=O)c3cccc(-c4ccc(Br)cc4)c3)cc2)cc1. The fourth-order valence-electron chi connectivity index (χ4n) is 3.30. The van der Waals surface area contributed by atoms with Gasteiger partial charge in [0.2, 0.25) is 11.6 Å². The van der Waals surface area contributed by atoms with E-state index < -0.39 is 11.6 Å². The van der Waals surface area contributed by atoms with Crippen LogP contribution in [0.3, 0.4) is 0 Å². The van der Waals surface area contributed by atoms with Crippen LogP contribution in [0, 0.1) is 6.92 Å². The molecule has 0 fully saturated rings. The van der Waals surface area contributed by atoms with Crippen LogP contribution in [0.5, 0.6) is 0 Å². The summed E-state index contributed by atoms with van der Waals surface area (Å²) in [6.45, 7) is 2.04. The van der Waals surface area contributed by atoms with Crippen LogP contribution in [-0.4, -0.2) is 11.6 Å². The van der Waals surface area contributed by atoms with Gasteiger partial charge in [-0.1, -0.05) is 100 Å². The number of ketones is 2. The van der Waals surface area contributed by atoms with Gasteiger partial charge in [0.25, 0.3) is 0 Å². The van der Waals surface area contributed by atoms with Gasteiger partial charge in [0.05, 0.1) is 0 Å². The van der Waals surface area contributed by atoms with E-state index in [2.05, 4.69) is 28.1 Å². The number of Topliss-reactive ketones (excluding diaryl/α,β-unsaturated/α-hetero) is 2. The lowest BCUT2D eigenvalue weighted by atomic mass is 9.96. The second-order valence-electron chi connectivity index (χ2n) is 7.19. The Morgan fingerprint density at radius 1 is 0.567 bits per heavy atom. The molecule has 4 aromatic carbocycles. The monoisotopic (exact) mass is 454 g/mol. The Balaban J connectivity index is 1.56. The number of hydrogen-bond acceptors (Lipinski definition) is 2. The predicted octanol–water partition coefficient (Wildman–Crippen LogP) is 7.16. The van der Waals surface area contributed by atoms with Gasteiger partial charge in [0.15, 0.2) is 0 Å². The van der Waals surface area contributed by atoms with Gasteiger partial charge in [-0.05, 0) is 47.4 Å². The summed E-state index contributed by atoms with van der Waals surface area (Å²) in [6.07, 6.45) is 0. The van der Waals surface area contributed by atoms with Gasteiger partial charge in [-0.2, -0.15) is 0 Å². The number of carbonyl (C=O) groups excluding carboxylic acids is 2. The molecule has 2 nitrogen and oxygen atoms in total. The minimum absolute atomic E-state index is 0.392. The van der Waals surface area contributed by atoms with Gasteiger partial charge >= 0.3 is 0 Å². The van der Waals surface area contributed by atoms with Crippen molar-refractivity contribution in [1.29, 1.82) is 0 Å². The second kappa shape index (κ2) is 8.60. The second-order valence-corrected chi connectivity index (χ2v) is 8.10. The first kappa shape index (κ1) is 20.0. The number of benzene rings is 4. The average Bonchev–Trinajstić information content (AvgIpc) is 2.79. The maximum atomic E-state index is 12.8. The first-order chi connectivity index (χ1) is 14.5. The van der Waals surface area contributed by atoms with Gasteiger partial charge in [0.1, 0.15) is 0 Å². The minimum Gasteiger partial charge on any atom is -0.285 e. The Bertz CT molecular complexity index is 1210. The molecular formula is C27H19BrO2. The van der Waals surface area contributed by atoms with Crippen LogP contribution in [0.15, 0.2) is 102 Å². The minimum atomic E-state index is -0.503. The highest BCUT2D eigenvalue weighted by atomic mass is 79.9. The molecule has 146 valence electrons. The van der Waals surface area contributed by atoms with Gasteiger partial charge in [0, 0.05) is 15.6 Å². The molecule has 0 aliphatic heterocycles. The number of rotatable bonds is 5. The first-order valence-corrected chi connectivity index (χ1v) is 10.4. The smallest absolute Gasteiger partial charge is 0.233 e. The maximum Gasteiger partial charge on any atom is 0.233 e. The third kappa shape index (κ3) is 4.32. The molecule has 0 aromatic heterocycles. The van der Waals surface area contributed by atoms with E-state index in [0.717, 1.165) is 26.7 Å². The van der Waals surface area contributed by atoms with Crippen molar-refractivity contribution in [1.82, 2.24) is 0 Å². The highest BCUT2D eigenvalue weighted by molar-refractivity contribution is 9.10. The summed E-state index contributed by atoms with van der Waals surface area (Å²) in [7, 11) is 0. The van der Waals surface area contributed by atoms with Crippen LogP contribution in [0.1, 0.15) is 26.3 Å². The summed E-state index contributed by atoms with van der Waals surface area (Å²) in [4.78, 5) is 25.6. The summed E-state index contributed by atoms with van der Waals surface area (Å²) in [5, 5.41) is 0. The van der Waals surface area contributed by atoms with Crippen LogP contribution in [0.2, 0.25) is 0 Å². The van der Waals surface area contributed by atoms with E-state index in [1.807, 2.05) is 61.5 Å². The molecule has 0 amide bonds. The molecule has 0 bridgehead atoms. The summed E-state index contributed by atoms with van der Waals surface area (Å²) < 4.78 is 0.989. The zero-order chi connectivity index (χ0) is 21.1. The van der Waals surface area contributed by atoms with Gasteiger partial charge in [-0.3, -0.25) is 9.59 Å². The van der Waals surface area contributed by atoms with E-state index in [0.29, 0.717) is 11.1 Å². The summed E-state index contributed by atoms with van der Waals surface area (Å²) in [5.41, 5.74) is 5.96. The van der Waals surface area contributed by atoms with Crippen molar-refractivity contribution in [3.8, 4) is 22.3 Å². The van der Waals surface area contributed by atoms with Crippen LogP contribution in [0.4, 0.5) is 0 Å². The molecular weight excluding hydrogens is 436 g/mol. The summed E-state index contributed by atoms with van der Waals surface area (Å²) in [6, 6.07) is 30.4. The number of hydrogen-bond donors (Lipinski definition) is 0. The summed E-state index contributed by atoms with van der Waals surface area (Å²) in [5.74, 6) is -1.00. The molecule has 0 aliphatic rings. The molecule has 4 rings (SSSR count). The van der Waals surface area contributed by atoms with Gasteiger partial charge in [-0.25, -0.2) is 0 Å². The van der Waals surface area contributed by atoms with E-state index >= 15 is 0 Å². The van der Waals surface area contributed by atoms with Crippen molar-refractivity contribution < 1.29 is 9.59 Å². The number of halogens is 1. The predicted molar refractivity (Wildman–Crippen MR) is 125 cm³/mol. The number of carbonyl (C=O) groups is 2. The molecule has 0 saturated carbocycles. The van der Waals surface area contributed by atoms with Crippen LogP contribution >= 0.6 is 15.9 Å². The Labute approximate surface area is 184 Å².